The van der Waals surface area contributed by atoms with Gasteiger partial charge in [0.05, 0.1) is 6.04 Å². The number of alkyl carbamates (subject to hydrolysis) is 1. The van der Waals surface area contributed by atoms with Crippen molar-refractivity contribution in [3.63, 3.8) is 0 Å². The molecule has 11 heteroatoms. The van der Waals surface area contributed by atoms with Crippen LogP contribution in [0.25, 0.3) is 11.1 Å². The highest BCUT2D eigenvalue weighted by molar-refractivity contribution is 7.99. The lowest BCUT2D eigenvalue weighted by Gasteiger charge is -2.34. The number of fused-ring (bicyclic) bond motifs is 1. The Morgan fingerprint density at radius 1 is 0.880 bits per heavy atom. The van der Waals surface area contributed by atoms with Gasteiger partial charge in [-0.25, -0.2) is 9.78 Å². The summed E-state index contributed by atoms with van der Waals surface area (Å²) in [6.45, 7) is 3.72. The quantitative estimate of drug-likeness (QED) is 0.141. The number of amides is 3. The number of para-hydroxylation sites is 2. The number of nitrogens with zero attached hydrogens (tertiary/aromatic N) is 2. The zero-order valence-electron chi connectivity index (χ0n) is 27.8. The van der Waals surface area contributed by atoms with E-state index in [1.807, 2.05) is 117 Å². The van der Waals surface area contributed by atoms with Crippen LogP contribution in [0, 0.1) is 5.92 Å². The van der Waals surface area contributed by atoms with Crippen LogP contribution < -0.4 is 10.6 Å². The summed E-state index contributed by atoms with van der Waals surface area (Å²) in [6, 6.07) is 32.8. The summed E-state index contributed by atoms with van der Waals surface area (Å²) in [5.74, 6) is -0.771. The number of aliphatic hydroxyl groups excluding tert-OH is 1. The van der Waals surface area contributed by atoms with Crippen LogP contribution in [0.5, 0.6) is 0 Å². The number of thioether (sulfide) groups is 1. The first-order valence-corrected chi connectivity index (χ1v) is 17.7. The van der Waals surface area contributed by atoms with Crippen LogP contribution in [0.1, 0.15) is 47.9 Å². The molecule has 0 radical (unpaired) electrons. The molecule has 10 nitrogen and oxygen atoms in total. The molecule has 5 atom stereocenters. The molecule has 3 amide bonds. The Balaban J connectivity index is 1.26. The molecular formula is C39H40N4O6S. The highest BCUT2D eigenvalue weighted by Crippen LogP contribution is 2.42. The average molecular weight is 693 g/mol. The number of hydrogen-bond acceptors (Lipinski definition) is 8. The van der Waals surface area contributed by atoms with Gasteiger partial charge in [-0.1, -0.05) is 117 Å². The van der Waals surface area contributed by atoms with E-state index in [2.05, 4.69) is 15.6 Å². The maximum Gasteiger partial charge on any atom is 0.408 e. The number of nitrogens with one attached hydrogen (secondary N) is 2. The summed E-state index contributed by atoms with van der Waals surface area (Å²) in [6.07, 6.45) is -1.72. The van der Waals surface area contributed by atoms with Crippen LogP contribution in [0.4, 0.5) is 4.79 Å². The van der Waals surface area contributed by atoms with Crippen molar-refractivity contribution in [2.24, 2.45) is 5.92 Å². The van der Waals surface area contributed by atoms with Crippen molar-refractivity contribution in [1.29, 1.82) is 0 Å². The minimum atomic E-state index is -1.28. The number of hydrogen-bond donors (Lipinski definition) is 3. The second kappa shape index (κ2) is 16.1. The molecule has 1 aromatic heterocycles. The average Bonchev–Trinajstić information content (AvgIpc) is 3.79. The third-order valence-corrected chi connectivity index (χ3v) is 9.95. The fourth-order valence-electron chi connectivity index (χ4n) is 6.00. The van der Waals surface area contributed by atoms with Gasteiger partial charge in [-0.05, 0) is 41.2 Å². The lowest BCUT2D eigenvalue weighted by Crippen LogP contribution is -2.57. The summed E-state index contributed by atoms with van der Waals surface area (Å²) in [4.78, 5) is 47.9. The van der Waals surface area contributed by atoms with Crippen molar-refractivity contribution in [2.45, 2.75) is 56.5 Å². The number of carbonyl (C=O) groups excluding carboxylic acids is 3. The Labute approximate surface area is 295 Å². The molecular weight excluding hydrogens is 653 g/mol. The van der Waals surface area contributed by atoms with Gasteiger partial charge in [0, 0.05) is 5.75 Å². The molecule has 50 heavy (non-hydrogen) atoms. The number of ether oxygens (including phenoxy) is 1. The van der Waals surface area contributed by atoms with E-state index in [9.17, 15) is 19.5 Å². The predicted molar refractivity (Wildman–Crippen MR) is 192 cm³/mol. The largest absolute Gasteiger partial charge is 0.445 e. The van der Waals surface area contributed by atoms with Gasteiger partial charge in [0.25, 0.3) is 0 Å². The Hall–Kier alpha value is -5.13. The smallest absolute Gasteiger partial charge is 0.408 e. The maximum absolute atomic E-state index is 14.5. The van der Waals surface area contributed by atoms with Crippen LogP contribution in [-0.2, 0) is 27.4 Å². The van der Waals surface area contributed by atoms with Gasteiger partial charge in [0.15, 0.2) is 11.7 Å². The second-order valence-electron chi connectivity index (χ2n) is 12.6. The van der Waals surface area contributed by atoms with E-state index in [1.54, 1.807) is 17.0 Å². The van der Waals surface area contributed by atoms with Gasteiger partial charge >= 0.3 is 6.09 Å². The zero-order valence-corrected chi connectivity index (χ0v) is 28.7. The van der Waals surface area contributed by atoms with E-state index in [1.165, 1.54) is 11.8 Å². The van der Waals surface area contributed by atoms with Crippen LogP contribution in [0.2, 0.25) is 0 Å². The van der Waals surface area contributed by atoms with E-state index in [4.69, 9.17) is 9.15 Å². The molecule has 0 bridgehead atoms. The van der Waals surface area contributed by atoms with Gasteiger partial charge in [-0.3, -0.25) is 9.59 Å². The second-order valence-corrected chi connectivity index (χ2v) is 13.7. The first-order valence-electron chi connectivity index (χ1n) is 16.6. The molecule has 6 rings (SSSR count). The van der Waals surface area contributed by atoms with E-state index in [-0.39, 0.29) is 24.8 Å². The molecule has 4 aromatic carbocycles. The van der Waals surface area contributed by atoms with Gasteiger partial charge in [-0.2, -0.15) is 0 Å². The molecule has 3 N–H and O–H groups in total. The van der Waals surface area contributed by atoms with Gasteiger partial charge in [0.1, 0.15) is 29.6 Å². The first kappa shape index (κ1) is 34.7. The third kappa shape index (κ3) is 8.18. The molecule has 2 heterocycles. The molecule has 0 spiro atoms. The first-order chi connectivity index (χ1) is 24.3. The minimum absolute atomic E-state index is 0.0497. The van der Waals surface area contributed by atoms with Crippen LogP contribution in [0.15, 0.2) is 120 Å². The summed E-state index contributed by atoms with van der Waals surface area (Å²) in [5.41, 5.74) is 3.67. The van der Waals surface area contributed by atoms with Crippen molar-refractivity contribution >= 4 is 40.8 Å². The number of carbonyl (C=O) groups is 3. The fourth-order valence-corrected chi connectivity index (χ4v) is 7.43. The van der Waals surface area contributed by atoms with Gasteiger partial charge in [-0.15, -0.1) is 11.8 Å². The molecule has 0 saturated carbocycles. The number of oxazole rings is 1. The number of aromatic nitrogens is 1. The van der Waals surface area contributed by atoms with E-state index >= 15 is 0 Å². The topological polar surface area (TPSA) is 134 Å². The van der Waals surface area contributed by atoms with Crippen molar-refractivity contribution in [3.05, 3.63) is 138 Å². The van der Waals surface area contributed by atoms with Gasteiger partial charge < -0.3 is 29.8 Å². The Bertz CT molecular complexity index is 1860. The van der Waals surface area contributed by atoms with E-state index < -0.39 is 47.5 Å². The minimum Gasteiger partial charge on any atom is -0.445 e. The molecule has 1 saturated heterocycles. The van der Waals surface area contributed by atoms with E-state index in [0.717, 1.165) is 16.7 Å². The Kier molecular flexibility index (Phi) is 11.1. The number of benzene rings is 4. The third-order valence-electron chi connectivity index (χ3n) is 8.63. The summed E-state index contributed by atoms with van der Waals surface area (Å²) < 4.78 is 11.4. The van der Waals surface area contributed by atoms with Gasteiger partial charge in [0.2, 0.25) is 17.7 Å². The Morgan fingerprint density at radius 2 is 1.50 bits per heavy atom. The number of aliphatic hydroxyl groups is 1. The summed E-state index contributed by atoms with van der Waals surface area (Å²) in [5, 5.41) is 16.9. The molecule has 258 valence electrons. The molecule has 0 aliphatic carbocycles. The predicted octanol–water partition coefficient (Wildman–Crippen LogP) is 6.18. The summed E-state index contributed by atoms with van der Waals surface area (Å²) >= 11 is 1.47. The lowest BCUT2D eigenvalue weighted by atomic mass is 9.99. The fraction of sp³-hybridized carbons (Fsp3) is 0.282. The lowest BCUT2D eigenvalue weighted by molar-refractivity contribution is -0.142. The highest BCUT2D eigenvalue weighted by atomic mass is 32.2. The van der Waals surface area contributed by atoms with Crippen molar-refractivity contribution in [1.82, 2.24) is 20.5 Å². The van der Waals surface area contributed by atoms with Crippen LogP contribution >= 0.6 is 11.8 Å². The van der Waals surface area contributed by atoms with Crippen LogP contribution in [-0.4, -0.2) is 56.8 Å². The SMILES string of the molecule is CC(C)[C@H](NC(=O)OCc1ccccc1)C(=O)N1C(c2ccccc2)SC[C@H]1C(=O)N[C@@H](Cc1ccccc1)C(O)c1nc2ccccc2o1. The van der Waals surface area contributed by atoms with E-state index in [0.29, 0.717) is 16.9 Å². The van der Waals surface area contributed by atoms with Crippen LogP contribution in [0.3, 0.4) is 0 Å². The molecule has 5 aromatic rings. The Morgan fingerprint density at radius 3 is 2.16 bits per heavy atom. The standard InChI is InChI=1S/C39H40N4O6S/c1-25(2)33(42-39(47)48-23-27-16-8-4-9-17-27)37(46)43-31(24-50-38(43)28-18-10-5-11-19-28)35(45)40-30(22-26-14-6-3-7-15-26)34(44)36-41-29-20-12-13-21-32(29)49-36/h3-21,25,30-31,33-34,38,44H,22-24H2,1-2H3,(H,40,45)(H,42,47)/t30-,31-,33-,34?,38?/m0/s1. The number of rotatable bonds is 12. The summed E-state index contributed by atoms with van der Waals surface area (Å²) in [7, 11) is 0. The van der Waals surface area contributed by atoms with Crippen molar-refractivity contribution in [2.75, 3.05) is 5.75 Å². The molecule has 1 fully saturated rings. The molecule has 2 unspecified atom stereocenters. The molecule has 1 aliphatic rings. The normalized spacial score (nSPS) is 17.6. The highest BCUT2D eigenvalue weighted by Gasteiger charge is 2.46. The zero-order chi connectivity index (χ0) is 35.0. The van der Waals surface area contributed by atoms with Crippen molar-refractivity contribution in [3.8, 4) is 0 Å². The monoisotopic (exact) mass is 692 g/mol. The van der Waals surface area contributed by atoms with Crippen molar-refractivity contribution < 1.29 is 28.6 Å². The molecule has 1 aliphatic heterocycles. The maximum atomic E-state index is 14.5.